The molecule has 8 aromatic rings. The minimum absolute atomic E-state index is 0.712. The van der Waals surface area contributed by atoms with Crippen molar-refractivity contribution in [3.05, 3.63) is 205 Å². The number of nitrogens with zero attached hydrogens (tertiary/aromatic N) is 2. The maximum atomic E-state index is 6.80. The molecule has 4 heteroatoms. The van der Waals surface area contributed by atoms with Gasteiger partial charge in [-0.3, -0.25) is 0 Å². The number of allylic oxidation sites excluding steroid dienone is 7. The molecule has 8 aromatic carbocycles. The Morgan fingerprint density at radius 2 is 1.04 bits per heavy atom. The zero-order valence-corrected chi connectivity index (χ0v) is 30.9. The van der Waals surface area contributed by atoms with Gasteiger partial charge in [-0.2, -0.15) is 0 Å². The van der Waals surface area contributed by atoms with Gasteiger partial charge in [-0.1, -0.05) is 127 Å². The van der Waals surface area contributed by atoms with Gasteiger partial charge in [0, 0.05) is 46.4 Å². The molecule has 1 aliphatic heterocycles. The topological polar surface area (TPSA) is 24.9 Å². The molecule has 0 atom stereocenters. The van der Waals surface area contributed by atoms with Gasteiger partial charge in [0.2, 0.25) is 0 Å². The molecule has 2 aliphatic carbocycles. The average molecular weight is 723 g/mol. The van der Waals surface area contributed by atoms with Crippen molar-refractivity contribution < 1.29 is 9.47 Å². The third kappa shape index (κ3) is 5.45. The van der Waals surface area contributed by atoms with Crippen molar-refractivity contribution in [3.63, 3.8) is 0 Å². The molecule has 3 aliphatic rings. The number of anilines is 4. The number of hydrogen-bond donors (Lipinski definition) is 0. The number of benzene rings is 8. The summed E-state index contributed by atoms with van der Waals surface area (Å²) >= 11 is 0. The van der Waals surface area contributed by atoms with Crippen LogP contribution in [0.3, 0.4) is 0 Å². The highest BCUT2D eigenvalue weighted by atomic mass is 16.6. The highest BCUT2D eigenvalue weighted by Gasteiger charge is 2.30. The lowest BCUT2D eigenvalue weighted by Crippen LogP contribution is -2.26. The van der Waals surface area contributed by atoms with Crippen molar-refractivity contribution in [2.24, 2.45) is 0 Å². The second-order valence-corrected chi connectivity index (χ2v) is 14.7. The fourth-order valence-electron chi connectivity index (χ4n) is 8.80. The molecule has 4 nitrogen and oxygen atoms in total. The monoisotopic (exact) mass is 722 g/mol. The first-order chi connectivity index (χ1) is 27.8. The Bertz CT molecular complexity index is 2990. The van der Waals surface area contributed by atoms with Gasteiger partial charge in [0.15, 0.2) is 17.3 Å². The minimum Gasteiger partial charge on any atom is -0.454 e. The Morgan fingerprint density at radius 1 is 0.429 bits per heavy atom. The summed E-state index contributed by atoms with van der Waals surface area (Å²) in [5.41, 5.74) is 6.87. The molecular weight excluding hydrogens is 685 g/mol. The zero-order valence-electron chi connectivity index (χ0n) is 30.9. The van der Waals surface area contributed by atoms with Crippen molar-refractivity contribution >= 4 is 65.8 Å². The van der Waals surface area contributed by atoms with Gasteiger partial charge in [0.1, 0.15) is 5.76 Å². The Morgan fingerprint density at radius 3 is 1.70 bits per heavy atom. The first kappa shape index (κ1) is 32.4. The average Bonchev–Trinajstić information content (AvgIpc) is 3.26. The number of fused-ring (bicyclic) bond motifs is 7. The van der Waals surface area contributed by atoms with Gasteiger partial charge in [-0.15, -0.1) is 0 Å². The summed E-state index contributed by atoms with van der Waals surface area (Å²) in [7, 11) is 0. The Hall–Kier alpha value is -7.04. The van der Waals surface area contributed by atoms with E-state index in [-0.39, 0.29) is 0 Å². The van der Waals surface area contributed by atoms with Gasteiger partial charge in [0.05, 0.1) is 17.1 Å². The molecule has 0 saturated carbocycles. The van der Waals surface area contributed by atoms with Crippen LogP contribution in [0.1, 0.15) is 25.7 Å². The van der Waals surface area contributed by atoms with Crippen LogP contribution in [-0.2, 0) is 0 Å². The lowest BCUT2D eigenvalue weighted by Gasteiger charge is -2.35. The van der Waals surface area contributed by atoms with Crippen molar-refractivity contribution in [3.8, 4) is 11.5 Å². The minimum atomic E-state index is 0.712. The molecule has 1 heterocycles. The van der Waals surface area contributed by atoms with Crippen LogP contribution in [0, 0.1) is 0 Å². The Kier molecular flexibility index (Phi) is 7.73. The number of para-hydroxylation sites is 1. The van der Waals surface area contributed by atoms with Crippen LogP contribution in [0.4, 0.5) is 22.7 Å². The van der Waals surface area contributed by atoms with Crippen LogP contribution < -0.4 is 19.3 Å². The van der Waals surface area contributed by atoms with E-state index in [2.05, 4.69) is 192 Å². The predicted molar refractivity (Wildman–Crippen MR) is 232 cm³/mol. The number of rotatable bonds is 6. The third-order valence-corrected chi connectivity index (χ3v) is 11.4. The maximum Gasteiger partial charge on any atom is 0.171 e. The highest BCUT2D eigenvalue weighted by molar-refractivity contribution is 6.15. The second kappa shape index (κ2) is 13.4. The molecule has 0 spiro atoms. The fourth-order valence-corrected chi connectivity index (χ4v) is 8.80. The van der Waals surface area contributed by atoms with Crippen molar-refractivity contribution in [2.75, 3.05) is 9.80 Å². The SMILES string of the molecule is C1=CCCC(N(C2=CC3=C(CC2)Oc2cc(N(c4ccccc4)c4cc5ccccc5c5ccccc45)ccc2O3)c2cc3ccccc3c3ccccc23)=C1. The second-order valence-electron chi connectivity index (χ2n) is 14.7. The quantitative estimate of drug-likeness (QED) is 0.160. The van der Waals surface area contributed by atoms with E-state index >= 15 is 0 Å². The number of hydrogen-bond acceptors (Lipinski definition) is 4. The molecule has 0 bridgehead atoms. The summed E-state index contributed by atoms with van der Waals surface area (Å²) in [6.45, 7) is 0. The van der Waals surface area contributed by atoms with Gasteiger partial charge < -0.3 is 19.3 Å². The summed E-state index contributed by atoms with van der Waals surface area (Å²) in [5, 5.41) is 9.86. The zero-order chi connectivity index (χ0) is 37.0. The number of ether oxygens (including phenoxy) is 2. The molecule has 56 heavy (non-hydrogen) atoms. The van der Waals surface area contributed by atoms with Crippen LogP contribution in [0.25, 0.3) is 43.1 Å². The van der Waals surface area contributed by atoms with Gasteiger partial charge >= 0.3 is 0 Å². The van der Waals surface area contributed by atoms with E-state index < -0.39 is 0 Å². The van der Waals surface area contributed by atoms with E-state index in [1.165, 1.54) is 60.2 Å². The summed E-state index contributed by atoms with van der Waals surface area (Å²) in [6, 6.07) is 56.4. The van der Waals surface area contributed by atoms with E-state index in [9.17, 15) is 0 Å². The molecule has 0 fully saturated rings. The standard InChI is InChI=1S/C52H38N2O2/c1-3-17-37(18-4-1)53(47-31-35-15-7-9-21-41(35)43-23-11-13-25-45(43)47)39-27-29-49-51(33-39)55-50-30-28-40(34-52(50)56-49)54(38-19-5-2-6-20-38)48-32-36-16-8-10-22-42(36)44-24-12-14-26-46(44)48/h1-5,7-19,21-27,29,31-34H,6,20,28,30H2. The highest BCUT2D eigenvalue weighted by Crippen LogP contribution is 2.48. The van der Waals surface area contributed by atoms with Gasteiger partial charge in [-0.25, -0.2) is 0 Å². The molecule has 0 unspecified atom stereocenters. The molecule has 0 aromatic heterocycles. The van der Waals surface area contributed by atoms with Crippen LogP contribution >= 0.6 is 0 Å². The van der Waals surface area contributed by atoms with E-state index in [0.717, 1.165) is 60.0 Å². The molecule has 0 saturated heterocycles. The fraction of sp³-hybridized carbons (Fsp3) is 0.0769. The predicted octanol–water partition coefficient (Wildman–Crippen LogP) is 14.2. The summed E-state index contributed by atoms with van der Waals surface area (Å²) in [4.78, 5) is 4.81. The molecule has 0 N–H and O–H groups in total. The van der Waals surface area contributed by atoms with E-state index in [1.54, 1.807) is 0 Å². The van der Waals surface area contributed by atoms with E-state index in [4.69, 9.17) is 9.47 Å². The summed E-state index contributed by atoms with van der Waals surface area (Å²) < 4.78 is 13.6. The molecule has 0 radical (unpaired) electrons. The molecule has 268 valence electrons. The van der Waals surface area contributed by atoms with E-state index in [1.807, 2.05) is 0 Å². The van der Waals surface area contributed by atoms with Crippen LogP contribution in [0.2, 0.25) is 0 Å². The first-order valence-electron chi connectivity index (χ1n) is 19.5. The molecular formula is C52H38N2O2. The summed E-state index contributed by atoms with van der Waals surface area (Å²) in [5.74, 6) is 3.07. The largest absolute Gasteiger partial charge is 0.454 e. The van der Waals surface area contributed by atoms with Crippen LogP contribution in [-0.4, -0.2) is 0 Å². The smallest absolute Gasteiger partial charge is 0.171 e. The Labute approximate surface area is 326 Å². The third-order valence-electron chi connectivity index (χ3n) is 11.4. The van der Waals surface area contributed by atoms with Crippen molar-refractivity contribution in [1.29, 1.82) is 0 Å². The van der Waals surface area contributed by atoms with Crippen LogP contribution in [0.15, 0.2) is 205 Å². The van der Waals surface area contributed by atoms with Crippen molar-refractivity contribution in [2.45, 2.75) is 25.7 Å². The summed E-state index contributed by atoms with van der Waals surface area (Å²) in [6.07, 6.45) is 12.4. The lowest BCUT2D eigenvalue weighted by atomic mass is 9.96. The Balaban J connectivity index is 1.00. The van der Waals surface area contributed by atoms with Gasteiger partial charge in [-0.05, 0) is 94.1 Å². The van der Waals surface area contributed by atoms with Gasteiger partial charge in [0.25, 0.3) is 0 Å². The first-order valence-corrected chi connectivity index (χ1v) is 19.5. The van der Waals surface area contributed by atoms with E-state index in [0.29, 0.717) is 5.75 Å². The lowest BCUT2D eigenvalue weighted by molar-refractivity contribution is 0.288. The maximum absolute atomic E-state index is 6.80. The normalized spacial score (nSPS) is 14.9. The molecule has 0 amide bonds. The van der Waals surface area contributed by atoms with Crippen molar-refractivity contribution in [1.82, 2.24) is 0 Å². The van der Waals surface area contributed by atoms with Crippen LogP contribution in [0.5, 0.6) is 11.5 Å². The molecule has 11 rings (SSSR count).